The maximum atomic E-state index is 13.1. The van der Waals surface area contributed by atoms with Crippen molar-refractivity contribution < 1.29 is 13.7 Å². The standard InChI is InChI=1S/C20H22FN5O2/c1-14-22-9-11-25(14)12-17(27)26-10-3-8-20(2,13-26)19-23-18(28-24-19)15-4-6-16(21)7-5-15/h4-7,9,11H,3,8,10,12-13H2,1-2H3. The van der Waals surface area contributed by atoms with Crippen molar-refractivity contribution in [2.75, 3.05) is 13.1 Å². The van der Waals surface area contributed by atoms with Crippen molar-refractivity contribution in [2.24, 2.45) is 0 Å². The third-order valence-electron chi connectivity index (χ3n) is 5.34. The van der Waals surface area contributed by atoms with E-state index < -0.39 is 0 Å². The number of aromatic nitrogens is 4. The monoisotopic (exact) mass is 383 g/mol. The molecular weight excluding hydrogens is 361 g/mol. The molecule has 7 nitrogen and oxygen atoms in total. The largest absolute Gasteiger partial charge is 0.340 e. The molecule has 3 aromatic rings. The summed E-state index contributed by atoms with van der Waals surface area (Å²) in [5, 5.41) is 4.16. The Morgan fingerprint density at radius 1 is 1.32 bits per heavy atom. The molecule has 1 aromatic carbocycles. The van der Waals surface area contributed by atoms with E-state index in [2.05, 4.69) is 15.1 Å². The second kappa shape index (κ2) is 7.18. The number of halogens is 1. The Bertz CT molecular complexity index is 981. The van der Waals surface area contributed by atoms with Gasteiger partial charge in [0, 0.05) is 36.5 Å². The number of imidazole rings is 1. The second-order valence-electron chi connectivity index (χ2n) is 7.51. The molecule has 0 spiro atoms. The molecule has 28 heavy (non-hydrogen) atoms. The zero-order valence-corrected chi connectivity index (χ0v) is 15.9. The number of amides is 1. The molecule has 0 aliphatic carbocycles. The first-order valence-corrected chi connectivity index (χ1v) is 9.30. The Balaban J connectivity index is 1.50. The van der Waals surface area contributed by atoms with Crippen molar-refractivity contribution in [3.63, 3.8) is 0 Å². The highest BCUT2D eigenvalue weighted by atomic mass is 19.1. The predicted molar refractivity (Wildman–Crippen MR) is 99.8 cm³/mol. The van der Waals surface area contributed by atoms with Gasteiger partial charge in [-0.1, -0.05) is 12.1 Å². The molecule has 1 saturated heterocycles. The summed E-state index contributed by atoms with van der Waals surface area (Å²) in [5.74, 6) is 1.48. The van der Waals surface area contributed by atoms with Gasteiger partial charge in [-0.05, 0) is 44.0 Å². The van der Waals surface area contributed by atoms with Gasteiger partial charge in [0.25, 0.3) is 5.89 Å². The predicted octanol–water partition coefficient (Wildman–Crippen LogP) is 2.96. The van der Waals surface area contributed by atoms with E-state index in [0.717, 1.165) is 18.7 Å². The van der Waals surface area contributed by atoms with Crippen LogP contribution in [0.4, 0.5) is 4.39 Å². The van der Waals surface area contributed by atoms with Crippen LogP contribution in [0.5, 0.6) is 0 Å². The van der Waals surface area contributed by atoms with Gasteiger partial charge in [-0.25, -0.2) is 9.37 Å². The smallest absolute Gasteiger partial charge is 0.257 e. The number of nitrogens with zero attached hydrogens (tertiary/aromatic N) is 5. The maximum Gasteiger partial charge on any atom is 0.257 e. The molecule has 146 valence electrons. The summed E-state index contributed by atoms with van der Waals surface area (Å²) in [6.07, 6.45) is 5.23. The van der Waals surface area contributed by atoms with E-state index in [4.69, 9.17) is 4.52 Å². The van der Waals surface area contributed by atoms with Crippen LogP contribution in [-0.2, 0) is 16.8 Å². The number of hydrogen-bond donors (Lipinski definition) is 0. The van der Waals surface area contributed by atoms with Gasteiger partial charge in [0.15, 0.2) is 5.82 Å². The number of aryl methyl sites for hydroxylation is 1. The summed E-state index contributed by atoms with van der Waals surface area (Å²) in [4.78, 5) is 23.3. The van der Waals surface area contributed by atoms with Crippen molar-refractivity contribution in [2.45, 2.75) is 38.6 Å². The lowest BCUT2D eigenvalue weighted by molar-refractivity contribution is -0.134. The molecule has 3 heterocycles. The van der Waals surface area contributed by atoms with Crippen LogP contribution >= 0.6 is 0 Å². The van der Waals surface area contributed by atoms with Crippen LogP contribution in [-0.4, -0.2) is 43.6 Å². The molecule has 1 fully saturated rings. The lowest BCUT2D eigenvalue weighted by Crippen LogP contribution is -2.48. The van der Waals surface area contributed by atoms with Gasteiger partial charge < -0.3 is 14.0 Å². The summed E-state index contributed by atoms with van der Waals surface area (Å²) in [6, 6.07) is 5.94. The molecule has 2 aromatic heterocycles. The van der Waals surface area contributed by atoms with E-state index in [9.17, 15) is 9.18 Å². The first-order valence-electron chi connectivity index (χ1n) is 9.30. The van der Waals surface area contributed by atoms with Crippen LogP contribution in [0.15, 0.2) is 41.2 Å². The molecule has 1 aliphatic rings. The number of benzene rings is 1. The fraction of sp³-hybridized carbons (Fsp3) is 0.400. The quantitative estimate of drug-likeness (QED) is 0.692. The Labute approximate surface area is 162 Å². The van der Waals surface area contributed by atoms with Gasteiger partial charge in [0.1, 0.15) is 18.2 Å². The van der Waals surface area contributed by atoms with Crippen molar-refractivity contribution in [1.82, 2.24) is 24.6 Å². The highest BCUT2D eigenvalue weighted by Gasteiger charge is 2.38. The highest BCUT2D eigenvalue weighted by molar-refractivity contribution is 5.76. The third kappa shape index (κ3) is 3.54. The average Bonchev–Trinajstić information content (AvgIpc) is 3.33. The molecule has 1 aliphatic heterocycles. The molecule has 0 radical (unpaired) electrons. The van der Waals surface area contributed by atoms with Crippen LogP contribution in [0.1, 0.15) is 31.4 Å². The normalized spacial score (nSPS) is 19.8. The molecular formula is C20H22FN5O2. The van der Waals surface area contributed by atoms with Crippen LogP contribution in [0, 0.1) is 12.7 Å². The second-order valence-corrected chi connectivity index (χ2v) is 7.51. The number of likely N-dealkylation sites (tertiary alicyclic amines) is 1. The minimum absolute atomic E-state index is 0.0503. The number of hydrogen-bond acceptors (Lipinski definition) is 5. The van der Waals surface area contributed by atoms with Gasteiger partial charge in [-0.2, -0.15) is 4.98 Å². The Kier molecular flexibility index (Phi) is 4.70. The molecule has 0 bridgehead atoms. The number of piperidine rings is 1. The molecule has 8 heteroatoms. The van der Waals surface area contributed by atoms with Crippen LogP contribution in [0.3, 0.4) is 0 Å². The van der Waals surface area contributed by atoms with E-state index in [1.807, 2.05) is 29.5 Å². The zero-order valence-electron chi connectivity index (χ0n) is 15.9. The fourth-order valence-corrected chi connectivity index (χ4v) is 3.63. The Hall–Kier alpha value is -3.03. The van der Waals surface area contributed by atoms with E-state index in [1.165, 1.54) is 12.1 Å². The van der Waals surface area contributed by atoms with Gasteiger partial charge in [0.05, 0.1) is 0 Å². The first kappa shape index (κ1) is 18.3. The van der Waals surface area contributed by atoms with Crippen molar-refractivity contribution in [1.29, 1.82) is 0 Å². The summed E-state index contributed by atoms with van der Waals surface area (Å²) in [7, 11) is 0. The molecule has 0 N–H and O–H groups in total. The van der Waals surface area contributed by atoms with E-state index in [-0.39, 0.29) is 23.7 Å². The summed E-state index contributed by atoms with van der Waals surface area (Å²) >= 11 is 0. The lowest BCUT2D eigenvalue weighted by Gasteiger charge is -2.38. The molecule has 4 rings (SSSR count). The molecule has 0 saturated carbocycles. The first-order chi connectivity index (χ1) is 13.4. The maximum absolute atomic E-state index is 13.1. The Morgan fingerprint density at radius 3 is 2.82 bits per heavy atom. The lowest BCUT2D eigenvalue weighted by atomic mass is 9.81. The minimum Gasteiger partial charge on any atom is -0.340 e. The number of carbonyl (C=O) groups excluding carboxylic acids is 1. The van der Waals surface area contributed by atoms with E-state index >= 15 is 0 Å². The van der Waals surface area contributed by atoms with Crippen molar-refractivity contribution in [3.05, 3.63) is 54.1 Å². The van der Waals surface area contributed by atoms with Crippen molar-refractivity contribution in [3.8, 4) is 11.5 Å². The van der Waals surface area contributed by atoms with Crippen LogP contribution in [0.2, 0.25) is 0 Å². The van der Waals surface area contributed by atoms with Crippen molar-refractivity contribution >= 4 is 5.91 Å². The fourth-order valence-electron chi connectivity index (χ4n) is 3.63. The molecule has 1 atom stereocenters. The SMILES string of the molecule is Cc1nccn1CC(=O)N1CCCC(C)(c2noc(-c3ccc(F)cc3)n2)C1. The summed E-state index contributed by atoms with van der Waals surface area (Å²) in [6.45, 7) is 5.44. The molecule has 1 amide bonds. The van der Waals surface area contributed by atoms with E-state index in [0.29, 0.717) is 30.4 Å². The van der Waals surface area contributed by atoms with Crippen LogP contribution in [0.25, 0.3) is 11.5 Å². The average molecular weight is 383 g/mol. The number of rotatable bonds is 4. The van der Waals surface area contributed by atoms with Gasteiger partial charge in [0.2, 0.25) is 5.91 Å². The third-order valence-corrected chi connectivity index (χ3v) is 5.34. The highest BCUT2D eigenvalue weighted by Crippen LogP contribution is 2.33. The number of carbonyl (C=O) groups is 1. The zero-order chi connectivity index (χ0) is 19.7. The van der Waals surface area contributed by atoms with Gasteiger partial charge >= 0.3 is 0 Å². The minimum atomic E-state index is -0.389. The van der Waals surface area contributed by atoms with E-state index in [1.54, 1.807) is 18.3 Å². The van der Waals surface area contributed by atoms with Gasteiger partial charge in [-0.3, -0.25) is 4.79 Å². The Morgan fingerprint density at radius 2 is 2.11 bits per heavy atom. The summed E-state index contributed by atoms with van der Waals surface area (Å²) in [5.41, 5.74) is 0.280. The summed E-state index contributed by atoms with van der Waals surface area (Å²) < 4.78 is 20.4. The van der Waals surface area contributed by atoms with Crippen LogP contribution < -0.4 is 0 Å². The van der Waals surface area contributed by atoms with Gasteiger partial charge in [-0.15, -0.1) is 0 Å². The molecule has 1 unspecified atom stereocenters. The topological polar surface area (TPSA) is 77.0 Å².